The van der Waals surface area contributed by atoms with Crippen molar-refractivity contribution in [3.8, 4) is 0 Å². The molecule has 0 N–H and O–H groups in total. The molecule has 0 spiro atoms. The maximum absolute atomic E-state index is 12.2. The van der Waals surface area contributed by atoms with E-state index in [1.54, 1.807) is 12.1 Å². The van der Waals surface area contributed by atoms with Crippen LogP contribution in [0.2, 0.25) is 0 Å². The van der Waals surface area contributed by atoms with Crippen LogP contribution in [0.1, 0.15) is 0 Å². The molecule has 1 rings (SSSR count). The maximum atomic E-state index is 12.2. The fourth-order valence-electron chi connectivity index (χ4n) is 0.391. The second-order valence-corrected chi connectivity index (χ2v) is 2.19. The summed E-state index contributed by atoms with van der Waals surface area (Å²) in [5.41, 5.74) is 0. The van der Waals surface area contributed by atoms with Crippen LogP contribution in [0.5, 0.6) is 0 Å². The summed E-state index contributed by atoms with van der Waals surface area (Å²) in [4.78, 5) is 0. The van der Waals surface area contributed by atoms with Crippen LogP contribution in [0.4, 0.5) is 4.39 Å². The monoisotopic (exact) mass is 364 g/mol. The molecule has 0 aliphatic rings. The Morgan fingerprint density at radius 3 is 2.40 bits per heavy atom. The Bertz CT molecular complexity index is 174. The predicted molar refractivity (Wildman–Crippen MR) is 32.9 cm³/mol. The van der Waals surface area contributed by atoms with E-state index in [0.717, 1.165) is 0 Å². The molecule has 0 nitrogen and oxygen atoms in total. The zero-order chi connectivity index (χ0) is 5.98. The smallest absolute Gasteiger partial charge is 1.00 e. The summed E-state index contributed by atoms with van der Waals surface area (Å²) in [7, 11) is 0. The van der Waals surface area contributed by atoms with Gasteiger partial charge in [0.15, 0.2) is 0 Å². The summed E-state index contributed by atoms with van der Waals surface area (Å²) in [6.07, 6.45) is 0. The largest absolute Gasteiger partial charge is 2.00 e. The van der Waals surface area contributed by atoms with Crippen LogP contribution in [-0.2, 0) is 19.5 Å². The molecule has 0 aromatic heterocycles. The topological polar surface area (TPSA) is 0 Å². The zero-order valence-corrected chi connectivity index (χ0v) is 11.8. The second kappa shape index (κ2) is 6.68. The molecule has 0 aliphatic heterocycles. The normalized spacial score (nSPS) is 7.40. The van der Waals surface area contributed by atoms with Gasteiger partial charge in [0.25, 0.3) is 0 Å². The van der Waals surface area contributed by atoms with Crippen molar-refractivity contribution in [1.82, 2.24) is 0 Å². The van der Waals surface area contributed by atoms with Crippen molar-refractivity contribution in [1.29, 1.82) is 0 Å². The third kappa shape index (κ3) is 3.99. The van der Waals surface area contributed by atoms with E-state index in [-0.39, 0.29) is 49.3 Å². The first-order valence-electron chi connectivity index (χ1n) is 2.12. The molecule has 0 bridgehead atoms. The summed E-state index contributed by atoms with van der Waals surface area (Å²) < 4.78 is 12.7. The van der Waals surface area contributed by atoms with Gasteiger partial charge in [-0.15, -0.1) is 6.07 Å². The first-order chi connectivity index (χ1) is 3.80. The summed E-state index contributed by atoms with van der Waals surface area (Å²) >= 11 is 3.00. The molecule has 0 radical (unpaired) electrons. The quantitative estimate of drug-likeness (QED) is 0.327. The number of benzene rings is 1. The van der Waals surface area contributed by atoms with Gasteiger partial charge in [0.2, 0.25) is 0 Å². The second-order valence-electron chi connectivity index (χ2n) is 1.34. The predicted octanol–water partition coefficient (Wildman–Crippen LogP) is -0.610. The van der Waals surface area contributed by atoms with E-state index >= 15 is 0 Å². The van der Waals surface area contributed by atoms with Crippen molar-refractivity contribution in [2.45, 2.75) is 0 Å². The van der Waals surface area contributed by atoms with Crippen molar-refractivity contribution in [3.05, 3.63) is 34.6 Å². The van der Waals surface area contributed by atoms with E-state index in [0.29, 0.717) is 4.47 Å². The van der Waals surface area contributed by atoms with Crippen LogP contribution in [-0.4, -0.2) is 0 Å². The minimum absolute atomic E-state index is 0. The van der Waals surface area contributed by atoms with Gasteiger partial charge in [0.05, 0.1) is 0 Å². The van der Waals surface area contributed by atoms with Crippen LogP contribution in [0, 0.1) is 11.9 Å². The Hall–Kier alpha value is 0.983. The summed E-state index contributed by atoms with van der Waals surface area (Å²) in [6, 6.07) is 7.13. The molecule has 10 heavy (non-hydrogen) atoms. The van der Waals surface area contributed by atoms with Crippen LogP contribution in [0.25, 0.3) is 0 Å². The minimum atomic E-state index is -0.271. The first kappa shape index (κ1) is 13.6. The Labute approximate surface area is 97.5 Å². The number of hydrogen-bond donors (Lipinski definition) is 0. The van der Waals surface area contributed by atoms with E-state index in [9.17, 15) is 4.39 Å². The van der Waals surface area contributed by atoms with Crippen molar-refractivity contribution in [2.24, 2.45) is 0 Å². The zero-order valence-electron chi connectivity index (χ0n) is 5.07. The molecule has 0 heterocycles. The molecule has 0 aliphatic carbocycles. The summed E-state index contributed by atoms with van der Waals surface area (Å²) in [5.74, 6) is -0.271. The standard InChI is InChI=1S/C6H3BrF.HI.Zn/c7-5-3-1-2-4-6(5)8;;/h1,3-4H;1H;/q-1;;+2/p-1. The molecule has 0 atom stereocenters. The van der Waals surface area contributed by atoms with Crippen LogP contribution >= 0.6 is 15.9 Å². The van der Waals surface area contributed by atoms with Gasteiger partial charge in [-0.2, -0.15) is 18.2 Å². The molecule has 50 valence electrons. The van der Waals surface area contributed by atoms with Crippen molar-refractivity contribution in [3.63, 3.8) is 0 Å². The molecular weight excluding hydrogens is 363 g/mol. The molecule has 0 amide bonds. The SMILES string of the molecule is Fc1c[c-]ccc1Br.[I-].[Zn+2]. The molecule has 1 aromatic rings. The van der Waals surface area contributed by atoms with Gasteiger partial charge >= 0.3 is 19.5 Å². The Morgan fingerprint density at radius 1 is 1.50 bits per heavy atom. The van der Waals surface area contributed by atoms with Crippen molar-refractivity contribution in [2.75, 3.05) is 0 Å². The van der Waals surface area contributed by atoms with Gasteiger partial charge in [0, 0.05) is 5.82 Å². The number of halogens is 3. The number of hydrogen-bond acceptors (Lipinski definition) is 0. The Balaban J connectivity index is 0. The minimum Gasteiger partial charge on any atom is -1.00 e. The molecule has 0 fully saturated rings. The van der Waals surface area contributed by atoms with Crippen LogP contribution < -0.4 is 24.0 Å². The third-order valence-electron chi connectivity index (χ3n) is 0.764. The van der Waals surface area contributed by atoms with Crippen molar-refractivity contribution < 1.29 is 47.8 Å². The van der Waals surface area contributed by atoms with Gasteiger partial charge < -0.3 is 24.0 Å². The number of rotatable bonds is 0. The van der Waals surface area contributed by atoms with E-state index in [2.05, 4.69) is 22.0 Å². The molecule has 4 heteroatoms. The molecule has 1 aromatic carbocycles. The van der Waals surface area contributed by atoms with Gasteiger partial charge in [0.1, 0.15) is 0 Å². The van der Waals surface area contributed by atoms with E-state index in [1.165, 1.54) is 6.07 Å². The van der Waals surface area contributed by atoms with E-state index < -0.39 is 0 Å². The van der Waals surface area contributed by atoms with Gasteiger partial charge in [-0.25, -0.2) is 0 Å². The molecule has 0 saturated carbocycles. The average Bonchev–Trinajstić information content (AvgIpc) is 1.77. The van der Waals surface area contributed by atoms with Gasteiger partial charge in [-0.3, -0.25) is 4.39 Å². The van der Waals surface area contributed by atoms with E-state index in [4.69, 9.17) is 0 Å². The molecular formula is C6H3BrFIZn. The van der Waals surface area contributed by atoms with E-state index in [1.807, 2.05) is 0 Å². The molecule has 0 saturated heterocycles. The van der Waals surface area contributed by atoms with Crippen LogP contribution in [0.3, 0.4) is 0 Å². The first-order valence-corrected chi connectivity index (χ1v) is 2.91. The fraction of sp³-hybridized carbons (Fsp3) is 0. The van der Waals surface area contributed by atoms with Crippen molar-refractivity contribution >= 4 is 15.9 Å². The Morgan fingerprint density at radius 2 is 2.10 bits per heavy atom. The third-order valence-corrected chi connectivity index (χ3v) is 1.41. The summed E-state index contributed by atoms with van der Waals surface area (Å²) in [6.45, 7) is 0. The average molecular weight is 366 g/mol. The maximum Gasteiger partial charge on any atom is 2.00 e. The van der Waals surface area contributed by atoms with Gasteiger partial charge in [-0.1, -0.05) is 20.4 Å². The molecule has 0 unspecified atom stereocenters. The summed E-state index contributed by atoms with van der Waals surface area (Å²) in [5, 5.41) is 0. The fourth-order valence-corrected chi connectivity index (χ4v) is 0.638. The van der Waals surface area contributed by atoms with Gasteiger partial charge in [-0.05, 0) is 0 Å². The Kier molecular flexibility index (Phi) is 9.06. The van der Waals surface area contributed by atoms with Crippen LogP contribution in [0.15, 0.2) is 22.7 Å².